The molecule has 1 aromatic heterocycles. The molecule has 0 atom stereocenters. The molecule has 1 N–H and O–H groups in total. The third-order valence-corrected chi connectivity index (χ3v) is 2.38. The second-order valence-corrected chi connectivity index (χ2v) is 4.50. The fourth-order valence-corrected chi connectivity index (χ4v) is 1.46. The van der Waals surface area contributed by atoms with E-state index in [1.165, 1.54) is 0 Å². The van der Waals surface area contributed by atoms with Gasteiger partial charge in [-0.1, -0.05) is 0 Å². The maximum Gasteiger partial charge on any atom is 0.378 e. The molecule has 0 aliphatic carbocycles. The van der Waals surface area contributed by atoms with Crippen LogP contribution in [-0.4, -0.2) is 57.9 Å². The minimum Gasteiger partial charge on any atom is -0.460 e. The Balaban J connectivity index is 2.35. The SMILES string of the molecule is CCOC(=O)c1nnnn1CC(=O)NCCCOC(C)C. The van der Waals surface area contributed by atoms with Crippen LogP contribution in [0.25, 0.3) is 0 Å². The van der Waals surface area contributed by atoms with Crippen molar-refractivity contribution in [1.29, 1.82) is 0 Å². The summed E-state index contributed by atoms with van der Waals surface area (Å²) in [6.45, 7) is 6.73. The van der Waals surface area contributed by atoms with E-state index in [0.717, 1.165) is 4.68 Å². The van der Waals surface area contributed by atoms with Crippen LogP contribution in [0.4, 0.5) is 0 Å². The molecule has 0 saturated carbocycles. The smallest absolute Gasteiger partial charge is 0.378 e. The number of esters is 1. The summed E-state index contributed by atoms with van der Waals surface area (Å²) < 4.78 is 11.3. The normalized spacial score (nSPS) is 10.7. The van der Waals surface area contributed by atoms with E-state index in [1.807, 2.05) is 13.8 Å². The predicted octanol–water partition coefficient (Wildman–Crippen LogP) is -0.219. The molecule has 0 fully saturated rings. The Morgan fingerprint density at radius 1 is 1.38 bits per heavy atom. The van der Waals surface area contributed by atoms with Crippen LogP contribution >= 0.6 is 0 Å². The number of ether oxygens (including phenoxy) is 2. The van der Waals surface area contributed by atoms with Crippen molar-refractivity contribution >= 4 is 11.9 Å². The molecule has 0 saturated heterocycles. The number of hydrogen-bond donors (Lipinski definition) is 1. The van der Waals surface area contributed by atoms with Crippen molar-refractivity contribution in [3.8, 4) is 0 Å². The third-order valence-electron chi connectivity index (χ3n) is 2.38. The van der Waals surface area contributed by atoms with Crippen molar-refractivity contribution < 1.29 is 19.1 Å². The minimum absolute atomic E-state index is 0.0878. The third kappa shape index (κ3) is 6.30. The van der Waals surface area contributed by atoms with Gasteiger partial charge < -0.3 is 14.8 Å². The Hall–Kier alpha value is -2.03. The molecule has 1 rings (SSSR count). The summed E-state index contributed by atoms with van der Waals surface area (Å²) in [5.41, 5.74) is 0. The highest BCUT2D eigenvalue weighted by molar-refractivity contribution is 5.86. The Bertz CT molecular complexity index is 460. The number of carbonyl (C=O) groups excluding carboxylic acids is 2. The average Bonchev–Trinajstić information content (AvgIpc) is 2.86. The first kappa shape index (κ1) is 17.0. The molecule has 1 heterocycles. The molecular weight excluding hydrogens is 278 g/mol. The Morgan fingerprint density at radius 3 is 2.81 bits per heavy atom. The molecule has 21 heavy (non-hydrogen) atoms. The first-order valence-electron chi connectivity index (χ1n) is 6.86. The molecule has 0 spiro atoms. The fraction of sp³-hybridized carbons (Fsp3) is 0.750. The fourth-order valence-electron chi connectivity index (χ4n) is 1.46. The van der Waals surface area contributed by atoms with Crippen molar-refractivity contribution in [3.63, 3.8) is 0 Å². The zero-order valence-electron chi connectivity index (χ0n) is 12.5. The monoisotopic (exact) mass is 299 g/mol. The lowest BCUT2D eigenvalue weighted by Crippen LogP contribution is -2.31. The topological polar surface area (TPSA) is 108 Å². The summed E-state index contributed by atoms with van der Waals surface area (Å²) in [6, 6.07) is 0. The summed E-state index contributed by atoms with van der Waals surface area (Å²) in [5.74, 6) is -1.02. The van der Waals surface area contributed by atoms with Gasteiger partial charge >= 0.3 is 5.97 Å². The molecule has 118 valence electrons. The molecule has 9 heteroatoms. The van der Waals surface area contributed by atoms with Gasteiger partial charge in [-0.3, -0.25) is 4.79 Å². The highest BCUT2D eigenvalue weighted by Crippen LogP contribution is 1.96. The summed E-state index contributed by atoms with van der Waals surface area (Å²) in [6.07, 6.45) is 0.888. The van der Waals surface area contributed by atoms with Gasteiger partial charge in [0.1, 0.15) is 6.54 Å². The largest absolute Gasteiger partial charge is 0.460 e. The van der Waals surface area contributed by atoms with E-state index in [0.29, 0.717) is 19.6 Å². The number of amides is 1. The lowest BCUT2D eigenvalue weighted by Gasteiger charge is -2.08. The highest BCUT2D eigenvalue weighted by atomic mass is 16.5. The standard InChI is InChI=1S/C12H21N5O4/c1-4-20-12(19)11-14-15-16-17(11)8-10(18)13-6-5-7-21-9(2)3/h9H,4-8H2,1-3H3,(H,13,18). The van der Waals surface area contributed by atoms with Crippen LogP contribution in [0.5, 0.6) is 0 Å². The van der Waals surface area contributed by atoms with Gasteiger partial charge in [0.25, 0.3) is 5.82 Å². The van der Waals surface area contributed by atoms with Crippen LogP contribution in [0.1, 0.15) is 37.8 Å². The minimum atomic E-state index is -0.652. The average molecular weight is 299 g/mol. The number of rotatable bonds is 9. The Morgan fingerprint density at radius 2 is 2.14 bits per heavy atom. The quantitative estimate of drug-likeness (QED) is 0.496. The summed E-state index contributed by atoms with van der Waals surface area (Å²) in [4.78, 5) is 23.3. The van der Waals surface area contributed by atoms with E-state index in [9.17, 15) is 9.59 Å². The van der Waals surface area contributed by atoms with Crippen molar-refractivity contribution in [2.24, 2.45) is 0 Å². The van der Waals surface area contributed by atoms with Crippen LogP contribution in [0.15, 0.2) is 0 Å². The van der Waals surface area contributed by atoms with Gasteiger partial charge in [-0.05, 0) is 37.6 Å². The van der Waals surface area contributed by atoms with E-state index in [4.69, 9.17) is 9.47 Å². The molecule has 1 aromatic rings. The molecule has 0 radical (unpaired) electrons. The van der Waals surface area contributed by atoms with Gasteiger partial charge in [-0.25, -0.2) is 9.48 Å². The van der Waals surface area contributed by atoms with Gasteiger partial charge in [-0.15, -0.1) is 5.10 Å². The van der Waals surface area contributed by atoms with Gasteiger partial charge in [0, 0.05) is 13.2 Å². The highest BCUT2D eigenvalue weighted by Gasteiger charge is 2.18. The van der Waals surface area contributed by atoms with E-state index in [-0.39, 0.29) is 31.0 Å². The summed E-state index contributed by atoms with van der Waals surface area (Å²) in [7, 11) is 0. The Labute approximate surface area is 123 Å². The predicted molar refractivity (Wildman–Crippen MR) is 72.5 cm³/mol. The molecular formula is C12H21N5O4. The van der Waals surface area contributed by atoms with Crippen molar-refractivity contribution in [2.45, 2.75) is 39.8 Å². The van der Waals surface area contributed by atoms with E-state index >= 15 is 0 Å². The number of hydrogen-bond acceptors (Lipinski definition) is 7. The number of nitrogens with one attached hydrogen (secondary N) is 1. The van der Waals surface area contributed by atoms with Gasteiger partial charge in [0.15, 0.2) is 0 Å². The Kier molecular flexibility index (Phi) is 7.30. The second-order valence-electron chi connectivity index (χ2n) is 4.50. The molecule has 0 aliphatic heterocycles. The first-order chi connectivity index (χ1) is 10.0. The van der Waals surface area contributed by atoms with E-state index in [2.05, 4.69) is 20.8 Å². The molecule has 1 amide bonds. The molecule has 0 bridgehead atoms. The number of tetrazole rings is 1. The number of aromatic nitrogens is 4. The van der Waals surface area contributed by atoms with Crippen LogP contribution in [0.3, 0.4) is 0 Å². The maximum atomic E-state index is 11.7. The zero-order valence-corrected chi connectivity index (χ0v) is 12.5. The molecule has 0 aromatic carbocycles. The zero-order chi connectivity index (χ0) is 15.7. The maximum absolute atomic E-state index is 11.7. The van der Waals surface area contributed by atoms with Crippen molar-refractivity contribution in [2.75, 3.05) is 19.8 Å². The summed E-state index contributed by atoms with van der Waals surface area (Å²) >= 11 is 0. The van der Waals surface area contributed by atoms with E-state index < -0.39 is 5.97 Å². The second kappa shape index (κ2) is 9.01. The first-order valence-corrected chi connectivity index (χ1v) is 6.86. The van der Waals surface area contributed by atoms with Crippen molar-refractivity contribution in [1.82, 2.24) is 25.5 Å². The number of carbonyl (C=O) groups is 2. The van der Waals surface area contributed by atoms with Crippen LogP contribution in [-0.2, 0) is 20.8 Å². The molecule has 0 aliphatic rings. The lowest BCUT2D eigenvalue weighted by atomic mass is 10.4. The molecule has 9 nitrogen and oxygen atoms in total. The molecule has 0 unspecified atom stereocenters. The van der Waals surface area contributed by atoms with Crippen LogP contribution in [0, 0.1) is 0 Å². The summed E-state index contributed by atoms with van der Waals surface area (Å²) in [5, 5.41) is 13.2. The van der Waals surface area contributed by atoms with Gasteiger partial charge in [-0.2, -0.15) is 0 Å². The van der Waals surface area contributed by atoms with Gasteiger partial charge in [0.05, 0.1) is 12.7 Å². The van der Waals surface area contributed by atoms with E-state index in [1.54, 1.807) is 6.92 Å². The van der Waals surface area contributed by atoms with Crippen LogP contribution in [0.2, 0.25) is 0 Å². The van der Waals surface area contributed by atoms with Gasteiger partial charge in [0.2, 0.25) is 5.91 Å². The lowest BCUT2D eigenvalue weighted by molar-refractivity contribution is -0.121. The number of nitrogens with zero attached hydrogens (tertiary/aromatic N) is 4. The van der Waals surface area contributed by atoms with Crippen molar-refractivity contribution in [3.05, 3.63) is 5.82 Å². The van der Waals surface area contributed by atoms with Crippen LogP contribution < -0.4 is 5.32 Å².